The summed E-state index contributed by atoms with van der Waals surface area (Å²) in [5, 5.41) is 3.82. The number of benzene rings is 2. The van der Waals surface area contributed by atoms with Crippen molar-refractivity contribution in [1.29, 1.82) is 0 Å². The Morgan fingerprint density at radius 1 is 1.03 bits per heavy atom. The number of likely N-dealkylation sites (tertiary alicyclic amines) is 1. The summed E-state index contributed by atoms with van der Waals surface area (Å²) in [4.78, 5) is 62.5. The first-order valence-electron chi connectivity index (χ1n) is 21.0. The Kier molecular flexibility index (Phi) is 12.2. The number of nitrogens with zero attached hydrogens (tertiary/aromatic N) is 2. The second-order valence-electron chi connectivity index (χ2n) is 17.0. The van der Waals surface area contributed by atoms with Gasteiger partial charge in [-0.15, -0.1) is 0 Å². The number of rotatable bonds is 8. The van der Waals surface area contributed by atoms with Crippen molar-refractivity contribution in [3.05, 3.63) is 66.7 Å². The lowest BCUT2D eigenvalue weighted by Gasteiger charge is -2.29. The van der Waals surface area contributed by atoms with Crippen molar-refractivity contribution in [3.8, 4) is 22.8 Å². The molecule has 3 aliphatic carbocycles. The fourth-order valence-corrected chi connectivity index (χ4v) is 9.90. The summed E-state index contributed by atoms with van der Waals surface area (Å²) in [5.74, 6) is -1.94. The van der Waals surface area contributed by atoms with Crippen molar-refractivity contribution < 1.29 is 42.2 Å². The third-order valence-electron chi connectivity index (χ3n) is 13.0. The number of hydrogen-bond acceptors (Lipinski definition) is 10. The number of carbonyl (C=O) groups excluding carboxylic acids is 4. The highest BCUT2D eigenvalue weighted by Gasteiger charge is 2.60. The lowest BCUT2D eigenvalue weighted by atomic mass is 9.81. The molecule has 3 saturated carbocycles. The van der Waals surface area contributed by atoms with Crippen LogP contribution in [0.3, 0.4) is 0 Å². The molecule has 0 spiro atoms. The van der Waals surface area contributed by atoms with Crippen LogP contribution < -0.4 is 20.5 Å². The predicted octanol–water partition coefficient (Wildman–Crippen LogP) is 5.17. The summed E-state index contributed by atoms with van der Waals surface area (Å²) < 4.78 is 37.6. The predicted molar refractivity (Wildman–Crippen MR) is 220 cm³/mol. The van der Waals surface area contributed by atoms with Gasteiger partial charge in [-0.2, -0.15) is 0 Å². The van der Waals surface area contributed by atoms with Crippen LogP contribution in [0.4, 0.5) is 0 Å². The minimum Gasteiger partial charge on any atom is -0.772 e. The molecule has 3 N–H and O–H groups in total. The molecule has 3 amide bonds. The number of ketones is 1. The van der Waals surface area contributed by atoms with E-state index in [1.165, 1.54) is 0 Å². The van der Waals surface area contributed by atoms with E-state index in [-0.39, 0.29) is 53.8 Å². The molecule has 1 aromatic heterocycles. The Balaban J connectivity index is 0.000000742. The molecule has 4 heterocycles. The Morgan fingerprint density at radius 3 is 2.51 bits per heavy atom. The van der Waals surface area contributed by atoms with Gasteiger partial charge in [0.1, 0.15) is 28.9 Å². The summed E-state index contributed by atoms with van der Waals surface area (Å²) in [6.07, 6.45) is 11.4. The van der Waals surface area contributed by atoms with Crippen molar-refractivity contribution >= 4 is 45.5 Å². The third-order valence-corrected chi connectivity index (χ3v) is 14.0. The quantitative estimate of drug-likeness (QED) is 0.227. The van der Waals surface area contributed by atoms with Crippen LogP contribution >= 0.6 is 0 Å². The monoisotopic (exact) mass is 825 g/mol. The van der Waals surface area contributed by atoms with Crippen LogP contribution in [0.1, 0.15) is 77.0 Å². The number of nitrogens with two attached hydrogens (primary N) is 1. The van der Waals surface area contributed by atoms with E-state index in [9.17, 15) is 27.9 Å². The van der Waals surface area contributed by atoms with E-state index in [4.69, 9.17) is 24.9 Å². The zero-order valence-corrected chi connectivity index (χ0v) is 34.2. The van der Waals surface area contributed by atoms with Crippen molar-refractivity contribution in [2.75, 3.05) is 20.3 Å². The van der Waals surface area contributed by atoms with Crippen molar-refractivity contribution in [2.24, 2.45) is 29.4 Å². The average molecular weight is 826 g/mol. The standard InChI is InChI=1S/C42H48N4O7.C3H6O2S/c1-51-29-14-15-32-36(20-29)44-35(25-10-7-5-8-11-25)21-37(32)53-30-18-33-34(19-30)40(49)45-42(41(43)50)22-27(42)13-9-4-2-3-6-12-26(39(33)48)16-38(47)46-23-31-17-28(46)24-52-31;4-6(5)3-1-2-3/h5,7-11,13-15,20-21,26-28,30-31,33-34H,2-4,6,12,16-19,22-24H2,1H3,(H2,43,50)(H,45,49);3H,1-2H2,(H,4,5)/p-1/b13-9-;/t26-,27-,28?,30+,31?,33?,34-,42-;/m1./s1. The number of primary amides is 1. The molecular formula is C45H53N4O9S-. The summed E-state index contributed by atoms with van der Waals surface area (Å²) in [5.41, 5.74) is 7.08. The summed E-state index contributed by atoms with van der Waals surface area (Å²) >= 11 is -1.76. The van der Waals surface area contributed by atoms with E-state index in [1.54, 1.807) is 7.11 Å². The molecule has 5 fully saturated rings. The number of allylic oxidation sites excluding steroid dienone is 1. The highest BCUT2D eigenvalue weighted by atomic mass is 32.2. The number of hydrogen-bond donors (Lipinski definition) is 2. The van der Waals surface area contributed by atoms with Crippen LogP contribution in [0.25, 0.3) is 22.2 Å². The van der Waals surface area contributed by atoms with Gasteiger partial charge in [0.15, 0.2) is 0 Å². The van der Waals surface area contributed by atoms with E-state index in [2.05, 4.69) is 11.4 Å². The highest BCUT2D eigenvalue weighted by molar-refractivity contribution is 7.80. The van der Waals surface area contributed by atoms with Crippen molar-refractivity contribution in [3.63, 3.8) is 0 Å². The van der Waals surface area contributed by atoms with Crippen LogP contribution in [-0.4, -0.2) is 91.5 Å². The molecule has 4 unspecified atom stereocenters. The molecule has 2 bridgehead atoms. The first kappa shape index (κ1) is 41.1. The van der Waals surface area contributed by atoms with Crippen LogP contribution in [0.5, 0.6) is 11.5 Å². The fourth-order valence-electron chi connectivity index (χ4n) is 9.38. The van der Waals surface area contributed by atoms with Crippen LogP contribution in [0, 0.1) is 23.7 Å². The third kappa shape index (κ3) is 9.09. The number of methoxy groups -OCH3 is 1. The molecule has 314 valence electrons. The average Bonchev–Trinajstić information content (AvgIpc) is 4.06. The number of pyridine rings is 1. The maximum absolute atomic E-state index is 14.8. The maximum Gasteiger partial charge on any atom is 0.243 e. The van der Waals surface area contributed by atoms with Gasteiger partial charge in [-0.05, 0) is 69.9 Å². The van der Waals surface area contributed by atoms with E-state index in [0.717, 1.165) is 61.6 Å². The highest BCUT2D eigenvalue weighted by Crippen LogP contribution is 2.47. The molecule has 3 aromatic rings. The zero-order chi connectivity index (χ0) is 41.3. The molecule has 13 nitrogen and oxygen atoms in total. The second kappa shape index (κ2) is 17.5. The number of amides is 3. The molecular weight excluding hydrogens is 773 g/mol. The Hall–Kier alpha value is -4.66. The van der Waals surface area contributed by atoms with Crippen LogP contribution in [0.2, 0.25) is 0 Å². The molecule has 9 atom stereocenters. The van der Waals surface area contributed by atoms with E-state index >= 15 is 0 Å². The summed E-state index contributed by atoms with van der Waals surface area (Å²) in [7, 11) is 1.61. The minimum absolute atomic E-state index is 0.0185. The van der Waals surface area contributed by atoms with Crippen LogP contribution in [0.15, 0.2) is 66.7 Å². The second-order valence-corrected chi connectivity index (χ2v) is 18.2. The fraction of sp³-hybridized carbons (Fsp3) is 0.533. The number of Topliss-reactive ketones (excluding diaryl/α,β-unsaturated/α-hetero) is 1. The Morgan fingerprint density at radius 2 is 1.83 bits per heavy atom. The van der Waals surface area contributed by atoms with E-state index < -0.39 is 46.4 Å². The molecule has 2 saturated heterocycles. The van der Waals surface area contributed by atoms with Gasteiger partial charge in [-0.3, -0.25) is 23.4 Å². The first-order chi connectivity index (χ1) is 28.5. The van der Waals surface area contributed by atoms with Gasteiger partial charge in [0.05, 0.1) is 43.0 Å². The first-order valence-corrected chi connectivity index (χ1v) is 22.2. The van der Waals surface area contributed by atoms with E-state index in [1.807, 2.05) is 65.6 Å². The number of morpholine rings is 1. The molecule has 14 heteroatoms. The molecule has 2 aromatic carbocycles. The number of ether oxygens (including phenoxy) is 3. The van der Waals surface area contributed by atoms with Crippen LogP contribution in [-0.2, 0) is 35.0 Å². The van der Waals surface area contributed by atoms with Crippen molar-refractivity contribution in [1.82, 2.24) is 15.2 Å². The SMILES string of the molecule is COc1ccc2c(O[C@H]3CC4C(=O)[C@@H](CC(=O)N5CC6CC5CO6)CCCCC/C=C\[C@@H]5C[C@@]5(C(N)=O)NC(=O)[C@@H]4C3)cc(-c3ccccc3)nc2c1.O=S([O-])C1CC1. The van der Waals surface area contributed by atoms with Gasteiger partial charge in [-0.25, -0.2) is 4.98 Å². The maximum atomic E-state index is 14.8. The number of carbonyl (C=O) groups is 4. The molecule has 9 rings (SSSR count). The van der Waals surface area contributed by atoms with E-state index in [0.29, 0.717) is 49.4 Å². The number of aromatic nitrogens is 1. The Bertz CT molecular complexity index is 2130. The smallest absolute Gasteiger partial charge is 0.243 e. The topological polar surface area (TPSA) is 190 Å². The number of nitrogens with one attached hydrogen (secondary N) is 1. The Labute approximate surface area is 347 Å². The molecule has 3 aliphatic heterocycles. The molecule has 0 radical (unpaired) electrons. The largest absolute Gasteiger partial charge is 0.772 e. The van der Waals surface area contributed by atoms with Gasteiger partial charge in [0.2, 0.25) is 17.7 Å². The normalized spacial score (nSPS) is 31.4. The lowest BCUT2D eigenvalue weighted by Crippen LogP contribution is -2.51. The summed E-state index contributed by atoms with van der Waals surface area (Å²) in [6, 6.07) is 17.4. The van der Waals surface area contributed by atoms with Gasteiger partial charge in [-0.1, -0.05) is 66.4 Å². The van der Waals surface area contributed by atoms with Gasteiger partial charge in [0, 0.05) is 59.1 Å². The molecule has 6 aliphatic rings. The van der Waals surface area contributed by atoms with Gasteiger partial charge < -0.3 is 34.7 Å². The number of fused-ring (bicyclic) bond motifs is 5. The van der Waals surface area contributed by atoms with Gasteiger partial charge in [0.25, 0.3) is 0 Å². The zero-order valence-electron chi connectivity index (χ0n) is 33.4. The molecule has 59 heavy (non-hydrogen) atoms. The summed E-state index contributed by atoms with van der Waals surface area (Å²) in [6.45, 7) is 1.10. The van der Waals surface area contributed by atoms with Crippen molar-refractivity contribution in [2.45, 2.75) is 106 Å². The van der Waals surface area contributed by atoms with Gasteiger partial charge >= 0.3 is 0 Å². The lowest BCUT2D eigenvalue weighted by molar-refractivity contribution is -0.142. The minimum atomic E-state index is -1.76.